The van der Waals surface area contributed by atoms with E-state index in [-0.39, 0.29) is 0 Å². The standard InChI is InChI=1S/C31H50N6/c1-2-4-28(5-3-1)37-18-11-31(12-19-37)10-17-36(24-31)23-26-8-6-25(7-9-26)20-27(21-29-32-13-14-33-29)22-30-34-15-16-35-30/h13-16,25-28H,1-12,17-24H2,(H,32,33)(H,34,35). The Hall–Kier alpha value is -1.66. The molecule has 4 fully saturated rings. The lowest BCUT2D eigenvalue weighted by atomic mass is 9.76. The highest BCUT2D eigenvalue weighted by Gasteiger charge is 2.42. The third-order valence-corrected chi connectivity index (χ3v) is 10.7. The summed E-state index contributed by atoms with van der Waals surface area (Å²) in [5, 5.41) is 0. The fraction of sp³-hybridized carbons (Fsp3) is 0.806. The highest BCUT2D eigenvalue weighted by molar-refractivity contribution is 4.97. The quantitative estimate of drug-likeness (QED) is 0.448. The van der Waals surface area contributed by atoms with Gasteiger partial charge in [-0.2, -0.15) is 0 Å². The van der Waals surface area contributed by atoms with E-state index in [0.29, 0.717) is 11.3 Å². The Balaban J connectivity index is 0.936. The number of H-pyrrole nitrogens is 2. The zero-order valence-electron chi connectivity index (χ0n) is 23.0. The summed E-state index contributed by atoms with van der Waals surface area (Å²) < 4.78 is 0. The monoisotopic (exact) mass is 506 g/mol. The summed E-state index contributed by atoms with van der Waals surface area (Å²) in [5.74, 6) is 4.63. The van der Waals surface area contributed by atoms with Crippen LogP contribution in [0.1, 0.15) is 95.1 Å². The van der Waals surface area contributed by atoms with E-state index in [1.54, 1.807) is 0 Å². The molecule has 204 valence electrons. The number of likely N-dealkylation sites (tertiary alicyclic amines) is 2. The molecule has 0 amide bonds. The largest absolute Gasteiger partial charge is 0.349 e. The number of nitrogens with zero attached hydrogens (tertiary/aromatic N) is 4. The van der Waals surface area contributed by atoms with Gasteiger partial charge in [-0.25, -0.2) is 9.97 Å². The van der Waals surface area contributed by atoms with Gasteiger partial charge in [-0.05, 0) is 94.2 Å². The predicted octanol–water partition coefficient (Wildman–Crippen LogP) is 5.85. The first-order chi connectivity index (χ1) is 18.2. The van der Waals surface area contributed by atoms with Gasteiger partial charge in [0.05, 0.1) is 0 Å². The van der Waals surface area contributed by atoms with Crippen LogP contribution in [0.3, 0.4) is 0 Å². The lowest BCUT2D eigenvalue weighted by Gasteiger charge is -2.44. The van der Waals surface area contributed by atoms with Crippen molar-refractivity contribution >= 4 is 0 Å². The smallest absolute Gasteiger partial charge is 0.106 e. The molecular formula is C31H50N6. The number of aromatic nitrogens is 4. The molecule has 4 heterocycles. The van der Waals surface area contributed by atoms with Crippen molar-refractivity contribution in [2.24, 2.45) is 23.2 Å². The maximum atomic E-state index is 4.52. The Kier molecular flexibility index (Phi) is 8.32. The van der Waals surface area contributed by atoms with Crippen molar-refractivity contribution in [3.63, 3.8) is 0 Å². The predicted molar refractivity (Wildman–Crippen MR) is 149 cm³/mol. The molecule has 2 aliphatic heterocycles. The topological polar surface area (TPSA) is 63.8 Å². The van der Waals surface area contributed by atoms with E-state index in [1.807, 2.05) is 24.8 Å². The highest BCUT2D eigenvalue weighted by Crippen LogP contribution is 2.43. The van der Waals surface area contributed by atoms with Crippen LogP contribution in [-0.2, 0) is 12.8 Å². The summed E-state index contributed by atoms with van der Waals surface area (Å²) >= 11 is 0. The second-order valence-corrected chi connectivity index (χ2v) is 13.3. The minimum Gasteiger partial charge on any atom is -0.349 e. The molecular weight excluding hydrogens is 456 g/mol. The van der Waals surface area contributed by atoms with E-state index >= 15 is 0 Å². The molecule has 6 heteroatoms. The van der Waals surface area contributed by atoms with E-state index in [0.717, 1.165) is 42.4 Å². The van der Waals surface area contributed by atoms with Crippen molar-refractivity contribution in [1.82, 2.24) is 29.7 Å². The molecule has 2 saturated carbocycles. The average Bonchev–Trinajstić information content (AvgIpc) is 3.71. The van der Waals surface area contributed by atoms with Crippen LogP contribution in [0.2, 0.25) is 0 Å². The molecule has 2 aliphatic carbocycles. The molecule has 37 heavy (non-hydrogen) atoms. The molecule has 4 aliphatic rings. The van der Waals surface area contributed by atoms with Gasteiger partial charge in [0.2, 0.25) is 0 Å². The van der Waals surface area contributed by atoms with Crippen LogP contribution >= 0.6 is 0 Å². The number of aromatic amines is 2. The summed E-state index contributed by atoms with van der Waals surface area (Å²) in [4.78, 5) is 21.4. The SMILES string of the molecule is c1c[nH]c(CC(Cc2ncc[nH]2)CC2CCC(CN3CCC4(CCN(C5CCCCC5)CC4)C3)CC2)n1. The van der Waals surface area contributed by atoms with Gasteiger partial charge in [0.15, 0.2) is 0 Å². The fourth-order valence-electron chi connectivity index (χ4n) is 8.49. The van der Waals surface area contributed by atoms with Gasteiger partial charge >= 0.3 is 0 Å². The number of nitrogens with one attached hydrogen (secondary N) is 2. The van der Waals surface area contributed by atoms with Crippen molar-refractivity contribution in [3.8, 4) is 0 Å². The van der Waals surface area contributed by atoms with Crippen LogP contribution in [0.5, 0.6) is 0 Å². The molecule has 0 aromatic carbocycles. The van der Waals surface area contributed by atoms with E-state index in [1.165, 1.54) is 116 Å². The summed E-state index contributed by atoms with van der Waals surface area (Å²) in [5.41, 5.74) is 0.646. The van der Waals surface area contributed by atoms with Gasteiger partial charge in [0, 0.05) is 56.8 Å². The minimum atomic E-state index is 0.608. The molecule has 1 spiro atoms. The number of rotatable bonds is 9. The summed E-state index contributed by atoms with van der Waals surface area (Å²) in [6.07, 6.45) is 28.4. The molecule has 0 unspecified atom stereocenters. The van der Waals surface area contributed by atoms with Crippen LogP contribution in [0.25, 0.3) is 0 Å². The normalized spacial score (nSPS) is 27.9. The molecule has 2 saturated heterocycles. The van der Waals surface area contributed by atoms with Gasteiger partial charge in [-0.1, -0.05) is 32.1 Å². The molecule has 2 N–H and O–H groups in total. The first kappa shape index (κ1) is 25.6. The molecule has 2 aromatic rings. The van der Waals surface area contributed by atoms with Crippen molar-refractivity contribution in [1.29, 1.82) is 0 Å². The maximum absolute atomic E-state index is 4.52. The third-order valence-electron chi connectivity index (χ3n) is 10.7. The Morgan fingerprint density at radius 3 is 2.03 bits per heavy atom. The van der Waals surface area contributed by atoms with E-state index < -0.39 is 0 Å². The van der Waals surface area contributed by atoms with Crippen molar-refractivity contribution in [3.05, 3.63) is 36.4 Å². The number of hydrogen-bond acceptors (Lipinski definition) is 4. The van der Waals surface area contributed by atoms with Crippen LogP contribution in [-0.4, -0.2) is 68.5 Å². The van der Waals surface area contributed by atoms with Crippen molar-refractivity contribution < 1.29 is 0 Å². The van der Waals surface area contributed by atoms with Gasteiger partial charge in [-0.15, -0.1) is 0 Å². The van der Waals surface area contributed by atoms with Crippen LogP contribution in [0.4, 0.5) is 0 Å². The van der Waals surface area contributed by atoms with Gasteiger partial charge in [0.25, 0.3) is 0 Å². The van der Waals surface area contributed by atoms with Gasteiger partial charge < -0.3 is 19.8 Å². The molecule has 6 nitrogen and oxygen atoms in total. The Labute approximate surface area is 224 Å². The van der Waals surface area contributed by atoms with Gasteiger partial charge in [0.1, 0.15) is 11.6 Å². The second-order valence-electron chi connectivity index (χ2n) is 13.3. The summed E-state index contributed by atoms with van der Waals surface area (Å²) in [7, 11) is 0. The number of hydrogen-bond donors (Lipinski definition) is 2. The highest BCUT2D eigenvalue weighted by atomic mass is 15.2. The number of imidazole rings is 2. The average molecular weight is 507 g/mol. The fourth-order valence-corrected chi connectivity index (χ4v) is 8.49. The zero-order valence-corrected chi connectivity index (χ0v) is 23.0. The first-order valence-corrected chi connectivity index (χ1v) is 15.7. The Morgan fingerprint density at radius 1 is 0.784 bits per heavy atom. The third kappa shape index (κ3) is 6.68. The molecule has 0 radical (unpaired) electrons. The number of piperidine rings is 1. The van der Waals surface area contributed by atoms with Crippen molar-refractivity contribution in [2.75, 3.05) is 32.7 Å². The molecule has 0 atom stereocenters. The molecule has 6 rings (SSSR count). The lowest BCUT2D eigenvalue weighted by Crippen LogP contribution is -2.46. The zero-order chi connectivity index (χ0) is 24.9. The van der Waals surface area contributed by atoms with Crippen LogP contribution in [0.15, 0.2) is 24.8 Å². The minimum absolute atomic E-state index is 0.608. The summed E-state index contributed by atoms with van der Waals surface area (Å²) in [6.45, 7) is 6.86. The lowest BCUT2D eigenvalue weighted by molar-refractivity contribution is 0.0600. The van der Waals surface area contributed by atoms with E-state index in [4.69, 9.17) is 0 Å². The molecule has 2 aromatic heterocycles. The second kappa shape index (κ2) is 12.0. The Morgan fingerprint density at radius 2 is 1.41 bits per heavy atom. The molecule has 0 bridgehead atoms. The van der Waals surface area contributed by atoms with Gasteiger partial charge in [-0.3, -0.25) is 0 Å². The maximum Gasteiger partial charge on any atom is 0.106 e. The summed E-state index contributed by atoms with van der Waals surface area (Å²) in [6, 6.07) is 0.913. The van der Waals surface area contributed by atoms with Crippen molar-refractivity contribution in [2.45, 2.75) is 102 Å². The van der Waals surface area contributed by atoms with E-state index in [9.17, 15) is 0 Å². The van der Waals surface area contributed by atoms with Crippen LogP contribution < -0.4 is 0 Å². The van der Waals surface area contributed by atoms with Crippen LogP contribution in [0, 0.1) is 23.2 Å². The van der Waals surface area contributed by atoms with E-state index in [2.05, 4.69) is 29.7 Å². The Bertz CT molecular complexity index is 865. The first-order valence-electron chi connectivity index (χ1n) is 15.7.